The van der Waals surface area contributed by atoms with Crippen LogP contribution in [0.15, 0.2) is 0 Å². The van der Waals surface area contributed by atoms with Crippen LogP contribution in [-0.2, 0) is 19.1 Å². The Kier molecular flexibility index (Phi) is 2.25. The number of carbonyl (C=O) groups excluding carboxylic acids is 2. The van der Waals surface area contributed by atoms with Gasteiger partial charge >= 0.3 is 5.97 Å². The molecule has 1 aliphatic rings. The third-order valence-corrected chi connectivity index (χ3v) is 1.41. The molecule has 0 spiro atoms. The zero-order valence-electron chi connectivity index (χ0n) is 5.41. The van der Waals surface area contributed by atoms with E-state index < -0.39 is 0 Å². The highest BCUT2D eigenvalue weighted by Gasteiger charge is 2.26. The molecule has 0 N–H and O–H groups in total. The number of hydrogen-bond donors (Lipinski definition) is 0. The molecule has 0 aromatic rings. The average Bonchev–Trinajstić information content (AvgIpc) is 2.31. The normalized spacial score (nSPS) is 24.0. The highest BCUT2D eigenvalue weighted by molar-refractivity contribution is 5.74. The van der Waals surface area contributed by atoms with E-state index in [2.05, 4.69) is 9.47 Å². The number of cyclic esters (lactones) is 1. The maximum atomic E-state index is 10.7. The molecule has 0 radical (unpaired) electrons. The van der Waals surface area contributed by atoms with E-state index in [9.17, 15) is 9.59 Å². The first-order valence-corrected chi connectivity index (χ1v) is 3.06. The molecule has 0 amide bonds. The smallest absolute Gasteiger partial charge is 0.312 e. The summed E-state index contributed by atoms with van der Waals surface area (Å²) in [6, 6.07) is 0. The van der Waals surface area contributed by atoms with Gasteiger partial charge in [0.15, 0.2) is 0 Å². The average molecular weight is 144 g/mol. The van der Waals surface area contributed by atoms with Gasteiger partial charge in [0, 0.05) is 0 Å². The second kappa shape index (κ2) is 3.20. The topological polar surface area (TPSA) is 52.6 Å². The zero-order chi connectivity index (χ0) is 7.40. The maximum Gasteiger partial charge on any atom is 0.312 e. The van der Waals surface area contributed by atoms with Crippen molar-refractivity contribution in [2.24, 2.45) is 5.92 Å². The lowest BCUT2D eigenvalue weighted by molar-refractivity contribution is -0.143. The van der Waals surface area contributed by atoms with Crippen molar-refractivity contribution in [3.63, 3.8) is 0 Å². The molecular weight excluding hydrogens is 136 g/mol. The van der Waals surface area contributed by atoms with Gasteiger partial charge in [-0.2, -0.15) is 0 Å². The summed E-state index contributed by atoms with van der Waals surface area (Å²) in [6.07, 6.45) is 0.659. The van der Waals surface area contributed by atoms with Crippen LogP contribution in [0, 0.1) is 5.92 Å². The number of esters is 1. The minimum atomic E-state index is -0.262. The lowest BCUT2D eigenvalue weighted by Crippen LogP contribution is -2.13. The van der Waals surface area contributed by atoms with Gasteiger partial charge in [0.1, 0.15) is 6.61 Å². The SMILES string of the molecule is O=COCC1CCOC1=O. The van der Waals surface area contributed by atoms with Crippen LogP contribution in [0.5, 0.6) is 0 Å². The Morgan fingerprint density at radius 1 is 1.80 bits per heavy atom. The van der Waals surface area contributed by atoms with Crippen LogP contribution in [0.2, 0.25) is 0 Å². The number of hydrogen-bond acceptors (Lipinski definition) is 4. The molecule has 0 aromatic heterocycles. The molecule has 0 aromatic carbocycles. The quantitative estimate of drug-likeness (QED) is 0.404. The summed E-state index contributed by atoms with van der Waals surface area (Å²) in [5.41, 5.74) is 0. The molecule has 4 nitrogen and oxygen atoms in total. The molecule has 0 saturated carbocycles. The summed E-state index contributed by atoms with van der Waals surface area (Å²) in [5.74, 6) is -0.493. The summed E-state index contributed by atoms with van der Waals surface area (Å²) >= 11 is 0. The largest absolute Gasteiger partial charge is 0.467 e. The van der Waals surface area contributed by atoms with Crippen molar-refractivity contribution < 1.29 is 19.1 Å². The van der Waals surface area contributed by atoms with Crippen molar-refractivity contribution >= 4 is 12.4 Å². The minimum Gasteiger partial charge on any atom is -0.467 e. The number of carbonyl (C=O) groups is 2. The Bertz CT molecular complexity index is 143. The fraction of sp³-hybridized carbons (Fsp3) is 0.667. The van der Waals surface area contributed by atoms with Crippen molar-refractivity contribution in [3.05, 3.63) is 0 Å². The lowest BCUT2D eigenvalue weighted by Gasteiger charge is -2.00. The van der Waals surface area contributed by atoms with E-state index in [0.29, 0.717) is 19.5 Å². The lowest BCUT2D eigenvalue weighted by atomic mass is 10.1. The van der Waals surface area contributed by atoms with Gasteiger partial charge in [-0.15, -0.1) is 0 Å². The summed E-state index contributed by atoms with van der Waals surface area (Å²) in [6.45, 7) is 0.944. The van der Waals surface area contributed by atoms with Crippen LogP contribution in [0.4, 0.5) is 0 Å². The third kappa shape index (κ3) is 1.46. The predicted octanol–water partition coefficient (Wildman–Crippen LogP) is -0.278. The highest BCUT2D eigenvalue weighted by atomic mass is 16.5. The Morgan fingerprint density at radius 3 is 3.10 bits per heavy atom. The fourth-order valence-corrected chi connectivity index (χ4v) is 0.844. The second-order valence-corrected chi connectivity index (χ2v) is 2.08. The number of ether oxygens (including phenoxy) is 2. The van der Waals surface area contributed by atoms with Gasteiger partial charge in [0.05, 0.1) is 12.5 Å². The molecule has 1 atom stereocenters. The Morgan fingerprint density at radius 2 is 2.60 bits per heavy atom. The van der Waals surface area contributed by atoms with E-state index in [1.54, 1.807) is 0 Å². The summed E-state index contributed by atoms with van der Waals surface area (Å²) < 4.78 is 9.03. The van der Waals surface area contributed by atoms with Gasteiger partial charge in [-0.25, -0.2) is 0 Å². The van der Waals surface area contributed by atoms with Crippen LogP contribution >= 0.6 is 0 Å². The van der Waals surface area contributed by atoms with Gasteiger partial charge in [0.2, 0.25) is 0 Å². The number of rotatable bonds is 3. The summed E-state index contributed by atoms with van der Waals surface area (Å²) in [7, 11) is 0. The van der Waals surface area contributed by atoms with Gasteiger partial charge in [0.25, 0.3) is 6.47 Å². The molecule has 1 saturated heterocycles. The van der Waals surface area contributed by atoms with E-state index in [1.807, 2.05) is 0 Å². The molecule has 1 unspecified atom stereocenters. The Labute approximate surface area is 58.1 Å². The van der Waals surface area contributed by atoms with Crippen LogP contribution in [0.1, 0.15) is 6.42 Å². The van der Waals surface area contributed by atoms with Crippen LogP contribution < -0.4 is 0 Å². The molecular formula is C6H8O4. The van der Waals surface area contributed by atoms with Crippen molar-refractivity contribution in [3.8, 4) is 0 Å². The van der Waals surface area contributed by atoms with E-state index in [1.165, 1.54) is 0 Å². The molecule has 1 fully saturated rings. The van der Waals surface area contributed by atoms with E-state index in [-0.39, 0.29) is 18.5 Å². The van der Waals surface area contributed by atoms with Crippen molar-refractivity contribution in [1.82, 2.24) is 0 Å². The molecule has 10 heavy (non-hydrogen) atoms. The van der Waals surface area contributed by atoms with Crippen molar-refractivity contribution in [2.75, 3.05) is 13.2 Å². The van der Waals surface area contributed by atoms with Crippen molar-refractivity contribution in [1.29, 1.82) is 0 Å². The van der Waals surface area contributed by atoms with Crippen molar-refractivity contribution in [2.45, 2.75) is 6.42 Å². The minimum absolute atomic E-state index is 0.155. The Balaban J connectivity index is 2.26. The molecule has 0 bridgehead atoms. The van der Waals surface area contributed by atoms with E-state index in [0.717, 1.165) is 0 Å². The van der Waals surface area contributed by atoms with Crippen LogP contribution in [0.25, 0.3) is 0 Å². The Hall–Kier alpha value is -1.06. The second-order valence-electron chi connectivity index (χ2n) is 2.08. The standard InChI is InChI=1S/C6H8O4/c7-4-9-3-5-1-2-10-6(5)8/h4-5H,1-3H2. The molecule has 1 rings (SSSR count). The summed E-state index contributed by atoms with van der Waals surface area (Å²) in [4.78, 5) is 20.4. The van der Waals surface area contributed by atoms with Crippen LogP contribution in [0.3, 0.4) is 0 Å². The first-order chi connectivity index (χ1) is 4.84. The molecule has 4 heteroatoms. The molecule has 1 heterocycles. The first-order valence-electron chi connectivity index (χ1n) is 3.06. The van der Waals surface area contributed by atoms with Gasteiger partial charge < -0.3 is 9.47 Å². The fourth-order valence-electron chi connectivity index (χ4n) is 0.844. The summed E-state index contributed by atoms with van der Waals surface area (Å²) in [5, 5.41) is 0. The zero-order valence-corrected chi connectivity index (χ0v) is 5.41. The predicted molar refractivity (Wildman–Crippen MR) is 31.1 cm³/mol. The molecule has 1 aliphatic heterocycles. The van der Waals surface area contributed by atoms with E-state index in [4.69, 9.17) is 0 Å². The van der Waals surface area contributed by atoms with Crippen LogP contribution in [-0.4, -0.2) is 25.7 Å². The molecule has 56 valence electrons. The van der Waals surface area contributed by atoms with Gasteiger partial charge in [-0.3, -0.25) is 9.59 Å². The van der Waals surface area contributed by atoms with Gasteiger partial charge in [-0.05, 0) is 6.42 Å². The van der Waals surface area contributed by atoms with Gasteiger partial charge in [-0.1, -0.05) is 0 Å². The highest BCUT2D eigenvalue weighted by Crippen LogP contribution is 2.13. The first kappa shape index (κ1) is 7.05. The maximum absolute atomic E-state index is 10.7. The molecule has 0 aliphatic carbocycles. The monoisotopic (exact) mass is 144 g/mol. The van der Waals surface area contributed by atoms with E-state index >= 15 is 0 Å². The third-order valence-electron chi connectivity index (χ3n) is 1.41.